The zero-order chi connectivity index (χ0) is 20.1. The number of hydrogen-bond acceptors (Lipinski definition) is 3. The number of benzene rings is 1. The highest BCUT2D eigenvalue weighted by molar-refractivity contribution is 6.02. The smallest absolute Gasteiger partial charge is 0.287 e. The van der Waals surface area contributed by atoms with Gasteiger partial charge in [0, 0.05) is 26.3 Å². The van der Waals surface area contributed by atoms with E-state index < -0.39 is 0 Å². The van der Waals surface area contributed by atoms with Crippen LogP contribution in [0.15, 0.2) is 48.7 Å². The molecule has 0 saturated carbocycles. The lowest BCUT2D eigenvalue weighted by Crippen LogP contribution is -2.28. The fraction of sp³-hybridized carbons (Fsp3) is 0.318. The van der Waals surface area contributed by atoms with E-state index in [1.54, 1.807) is 22.5 Å². The summed E-state index contributed by atoms with van der Waals surface area (Å²) in [6.45, 7) is 5.17. The largest absolute Gasteiger partial charge is 0.345 e. The Morgan fingerprint density at radius 3 is 2.64 bits per heavy atom. The number of nitrogens with one attached hydrogen (secondary N) is 1. The van der Waals surface area contributed by atoms with Gasteiger partial charge in [-0.3, -0.25) is 14.0 Å². The Bertz CT molecular complexity index is 993. The van der Waals surface area contributed by atoms with Gasteiger partial charge in [0.2, 0.25) is 5.82 Å². The van der Waals surface area contributed by atoms with Gasteiger partial charge >= 0.3 is 0 Å². The van der Waals surface area contributed by atoms with Crippen LogP contribution in [0.2, 0.25) is 0 Å². The third-order valence-electron chi connectivity index (χ3n) is 4.85. The summed E-state index contributed by atoms with van der Waals surface area (Å²) >= 11 is 0. The Hall–Kier alpha value is -3.15. The predicted molar refractivity (Wildman–Crippen MR) is 109 cm³/mol. The summed E-state index contributed by atoms with van der Waals surface area (Å²) in [6.07, 6.45) is 3.69. The normalized spacial score (nSPS) is 10.8. The standard InChI is InChI=1S/C22H26N4O2/c1-4-5-13-25(3)22(28)19-18-12-8-9-14-26(18)20(24-19)21(27)23-15-17-11-7-6-10-16(17)2/h6-12,14H,4-5,13,15H2,1-3H3,(H,23,27). The van der Waals surface area contributed by atoms with Crippen LogP contribution in [0.25, 0.3) is 5.52 Å². The number of carbonyl (C=O) groups is 2. The molecule has 0 unspecified atom stereocenters. The summed E-state index contributed by atoms with van der Waals surface area (Å²) in [4.78, 5) is 31.7. The van der Waals surface area contributed by atoms with Crippen LogP contribution in [0.4, 0.5) is 0 Å². The van der Waals surface area contributed by atoms with E-state index in [0.717, 1.165) is 24.0 Å². The highest BCUT2D eigenvalue weighted by atomic mass is 16.2. The number of amides is 2. The molecule has 2 aromatic heterocycles. The maximum Gasteiger partial charge on any atom is 0.287 e. The van der Waals surface area contributed by atoms with Crippen molar-refractivity contribution >= 4 is 17.3 Å². The van der Waals surface area contributed by atoms with E-state index in [2.05, 4.69) is 17.2 Å². The number of aryl methyl sites for hydroxylation is 1. The molecule has 0 aliphatic rings. The number of hydrogen-bond donors (Lipinski definition) is 1. The average molecular weight is 378 g/mol. The van der Waals surface area contributed by atoms with E-state index in [9.17, 15) is 9.59 Å². The van der Waals surface area contributed by atoms with Gasteiger partial charge in [0.15, 0.2) is 5.69 Å². The number of fused-ring (bicyclic) bond motifs is 1. The topological polar surface area (TPSA) is 66.7 Å². The van der Waals surface area contributed by atoms with Crippen molar-refractivity contribution in [2.45, 2.75) is 33.2 Å². The molecule has 0 aliphatic carbocycles. The first kappa shape index (κ1) is 19.6. The fourth-order valence-electron chi connectivity index (χ4n) is 3.10. The van der Waals surface area contributed by atoms with Crippen LogP contribution in [0, 0.1) is 6.92 Å². The molecule has 6 nitrogen and oxygen atoms in total. The molecule has 3 rings (SSSR count). The maximum atomic E-state index is 12.8. The van der Waals surface area contributed by atoms with Crippen LogP contribution >= 0.6 is 0 Å². The Morgan fingerprint density at radius 1 is 1.14 bits per heavy atom. The Balaban J connectivity index is 1.86. The molecule has 0 spiro atoms. The van der Waals surface area contributed by atoms with Crippen LogP contribution in [-0.4, -0.2) is 39.7 Å². The van der Waals surface area contributed by atoms with Crippen molar-refractivity contribution < 1.29 is 9.59 Å². The van der Waals surface area contributed by atoms with E-state index in [4.69, 9.17) is 0 Å². The second-order valence-electron chi connectivity index (χ2n) is 6.93. The average Bonchev–Trinajstić information content (AvgIpc) is 3.10. The Morgan fingerprint density at radius 2 is 1.89 bits per heavy atom. The van der Waals surface area contributed by atoms with Crippen molar-refractivity contribution in [3.63, 3.8) is 0 Å². The highest BCUT2D eigenvalue weighted by Gasteiger charge is 2.23. The molecule has 0 atom stereocenters. The molecule has 3 aromatic rings. The van der Waals surface area contributed by atoms with Gasteiger partial charge in [-0.2, -0.15) is 0 Å². The van der Waals surface area contributed by atoms with Crippen molar-refractivity contribution in [1.82, 2.24) is 19.6 Å². The number of pyridine rings is 1. The number of carbonyl (C=O) groups excluding carboxylic acids is 2. The molecule has 0 fully saturated rings. The van der Waals surface area contributed by atoms with Gasteiger partial charge in [0.1, 0.15) is 0 Å². The van der Waals surface area contributed by atoms with Gasteiger partial charge in [-0.15, -0.1) is 0 Å². The number of aromatic nitrogens is 2. The zero-order valence-corrected chi connectivity index (χ0v) is 16.6. The summed E-state index contributed by atoms with van der Waals surface area (Å²) in [5.74, 6) is -0.258. The maximum absolute atomic E-state index is 12.8. The first-order valence-corrected chi connectivity index (χ1v) is 9.58. The van der Waals surface area contributed by atoms with E-state index in [0.29, 0.717) is 24.3 Å². The molecular weight excluding hydrogens is 352 g/mol. The molecule has 0 aliphatic heterocycles. The lowest BCUT2D eigenvalue weighted by atomic mass is 10.1. The Labute approximate surface area is 165 Å². The molecule has 0 bridgehead atoms. The van der Waals surface area contributed by atoms with Gasteiger partial charge in [0.25, 0.3) is 11.8 Å². The van der Waals surface area contributed by atoms with Crippen molar-refractivity contribution in [1.29, 1.82) is 0 Å². The van der Waals surface area contributed by atoms with Gasteiger partial charge in [-0.1, -0.05) is 43.7 Å². The first-order chi connectivity index (χ1) is 13.5. The minimum atomic E-state index is -0.306. The van der Waals surface area contributed by atoms with Crippen molar-refractivity contribution in [3.8, 4) is 0 Å². The van der Waals surface area contributed by atoms with E-state index in [1.807, 2.05) is 49.4 Å². The SMILES string of the molecule is CCCCN(C)C(=O)c1nc(C(=O)NCc2ccccc2C)n2ccccc12. The molecule has 2 heterocycles. The summed E-state index contributed by atoms with van der Waals surface area (Å²) in [5.41, 5.74) is 3.11. The third kappa shape index (κ3) is 4.06. The molecule has 28 heavy (non-hydrogen) atoms. The van der Waals surface area contributed by atoms with E-state index >= 15 is 0 Å². The summed E-state index contributed by atoms with van der Waals surface area (Å²) < 4.78 is 1.67. The minimum absolute atomic E-state index is 0.171. The van der Waals surface area contributed by atoms with Crippen molar-refractivity contribution in [2.75, 3.05) is 13.6 Å². The van der Waals surface area contributed by atoms with E-state index in [1.165, 1.54) is 0 Å². The predicted octanol–water partition coefficient (Wildman–Crippen LogP) is 3.44. The molecule has 146 valence electrons. The monoisotopic (exact) mass is 378 g/mol. The van der Waals surface area contributed by atoms with Crippen LogP contribution in [-0.2, 0) is 6.54 Å². The lowest BCUT2D eigenvalue weighted by molar-refractivity contribution is 0.0790. The van der Waals surface area contributed by atoms with Crippen molar-refractivity contribution in [2.24, 2.45) is 0 Å². The third-order valence-corrected chi connectivity index (χ3v) is 4.85. The van der Waals surface area contributed by atoms with Crippen LogP contribution in [0.1, 0.15) is 52.0 Å². The van der Waals surface area contributed by atoms with Crippen LogP contribution in [0.5, 0.6) is 0 Å². The molecular formula is C22H26N4O2. The van der Waals surface area contributed by atoms with Crippen molar-refractivity contribution in [3.05, 3.63) is 71.3 Å². The molecule has 0 radical (unpaired) electrons. The minimum Gasteiger partial charge on any atom is -0.345 e. The number of imidazole rings is 1. The highest BCUT2D eigenvalue weighted by Crippen LogP contribution is 2.16. The quantitative estimate of drug-likeness (QED) is 0.685. The summed E-state index contributed by atoms with van der Waals surface area (Å²) in [6, 6.07) is 13.4. The number of rotatable bonds is 7. The first-order valence-electron chi connectivity index (χ1n) is 9.58. The van der Waals surface area contributed by atoms with E-state index in [-0.39, 0.29) is 17.6 Å². The number of nitrogens with zero attached hydrogens (tertiary/aromatic N) is 3. The van der Waals surface area contributed by atoms with Gasteiger partial charge in [0.05, 0.1) is 5.52 Å². The lowest BCUT2D eigenvalue weighted by Gasteiger charge is -2.15. The molecule has 1 N–H and O–H groups in total. The van der Waals surface area contributed by atoms with Gasteiger partial charge < -0.3 is 10.2 Å². The summed E-state index contributed by atoms with van der Waals surface area (Å²) in [5, 5.41) is 2.92. The van der Waals surface area contributed by atoms with Gasteiger partial charge in [-0.25, -0.2) is 4.98 Å². The molecule has 6 heteroatoms. The second kappa shape index (κ2) is 8.69. The van der Waals surface area contributed by atoms with Crippen LogP contribution in [0.3, 0.4) is 0 Å². The van der Waals surface area contributed by atoms with Gasteiger partial charge in [-0.05, 0) is 36.6 Å². The molecule has 0 saturated heterocycles. The fourth-order valence-corrected chi connectivity index (χ4v) is 3.10. The molecule has 1 aromatic carbocycles. The number of unbranched alkanes of at least 4 members (excludes halogenated alkanes) is 1. The second-order valence-corrected chi connectivity index (χ2v) is 6.93. The van der Waals surface area contributed by atoms with Crippen LogP contribution < -0.4 is 5.32 Å². The Kier molecular flexibility index (Phi) is 6.09. The summed E-state index contributed by atoms with van der Waals surface area (Å²) in [7, 11) is 1.77. The molecule has 2 amide bonds. The zero-order valence-electron chi connectivity index (χ0n) is 16.6.